The fourth-order valence-electron chi connectivity index (χ4n) is 12.8. The third-order valence-electron chi connectivity index (χ3n) is 21.9. The number of carbonyl (C=O) groups excluding carboxylic acids is 2. The number of halogens is 18. The van der Waals surface area contributed by atoms with Crippen LogP contribution < -0.4 is 53.2 Å². The number of rotatable bonds is 55. The Morgan fingerprint density at radius 2 is 0.544 bits per heavy atom. The van der Waals surface area contributed by atoms with Crippen molar-refractivity contribution in [2.45, 2.75) is 147 Å². The van der Waals surface area contributed by atoms with Gasteiger partial charge < -0.3 is 91.9 Å². The van der Waals surface area contributed by atoms with Gasteiger partial charge in [-0.25, -0.2) is 0 Å². The molecule has 0 fully saturated rings. The number of benzene rings is 9. The number of amides is 2. The van der Waals surface area contributed by atoms with Gasteiger partial charge in [-0.3, -0.25) is 9.59 Å². The number of carbonyl (C=O) groups is 2. The summed E-state index contributed by atoms with van der Waals surface area (Å²) in [6.07, 6.45) is 5.27. The van der Waals surface area contributed by atoms with Gasteiger partial charge in [0, 0.05) is 137 Å². The Kier molecular flexibility index (Phi) is 85.2. The normalized spacial score (nSPS) is 10.9. The Bertz CT molecular complexity index is 4870. The zero-order chi connectivity index (χ0) is 110. The minimum absolute atomic E-state index is 0.114. The van der Waals surface area contributed by atoms with Crippen LogP contribution in [0.5, 0.6) is 0 Å². The molecule has 10 N–H and O–H groups in total. The monoisotopic (exact) mass is 2390 g/mol. The lowest BCUT2D eigenvalue weighted by Crippen LogP contribution is -2.34. The third-order valence-corrected chi connectivity index (χ3v) is 28.6. The minimum Gasteiger partial charge on any atom is -0.383 e. The number of nitrogens with zero attached hydrogens (tertiary/aromatic N) is 5. The van der Waals surface area contributed by atoms with Crippen LogP contribution >= 0.6 is 209 Å². The summed E-state index contributed by atoms with van der Waals surface area (Å²) in [4.78, 5) is 35.0. The molecule has 0 bridgehead atoms. The van der Waals surface area contributed by atoms with E-state index in [2.05, 4.69) is 154 Å². The van der Waals surface area contributed by atoms with Gasteiger partial charge in [0.15, 0.2) is 6.29 Å². The standard InChI is InChI=1S/C14H22Cl2N2.C13H18Cl2N2O.C13H20Cl2N2.C13H19Cl2NO2.C12H16Cl2N2O.C12H18Cl2N2.C12H17Cl2N.C10H14Cl2N2.C10H13Cl2NO/c1-3-18(4-2)9-5-8-17-11-12-6-7-13(15)14(16)10-12;1-3-17(4-2)8-7-16-13(18)10-5-6-11(14)12(15)9-10;1-3-17(4-2)8-7-16-10-11-5-6-12(14)13(15)9-11;1-17-13(18-2)4-3-7-16-9-10-5-6-11(14)12(15)8-10;1-3-16(2)7-6-15-12(17)9-4-5-10(13)11(14)8-9;1-16(2)7-3-6-15-9-10-4-5-11(13)12(14)8-10;1-9(2)5-6-15-8-10-3-4-11(13)12(14)7-10;1-13-4-5-14-7-8-2-3-9(11)10(12)6-8;1-14-5-4-13-7-8-2-3-9(11)10(12)6-8/h6-7,10,17H,3-5,8-9,11H2,1-2H3;5-6,9H,3-4,7-8H2,1-2H3,(H,16,18);5-6,9,16H,3-4,7-8,10H2,1-2H3;5-6,8,13,16H,3-4,7,9H2,1-2H3;4-5,8H,3,6-7H2,1-2H3,(H,15,17);4-5,8,15H,3,6-7,9H2,1-2H3;3-4,7,9,15H,5-6,8H2,1-2H3;2-3,6,13-14H,4-5,7H2,1H3;2-3,6,13H,4-5,7H2,1H3. The molecule has 0 aliphatic heterocycles. The van der Waals surface area contributed by atoms with E-state index in [0.717, 1.165) is 219 Å². The molecule has 9 aromatic carbocycles. The SMILES string of the molecule is CC(C)CCNCc1ccc(Cl)c(Cl)c1.CCN(C)CCNC(=O)c1ccc(Cl)c(Cl)c1.CCN(CC)CCCNCc1ccc(Cl)c(Cl)c1.CCN(CC)CCNC(=O)c1ccc(Cl)c(Cl)c1.CCN(CC)CCNCc1ccc(Cl)c(Cl)c1.CN(C)CCCNCc1ccc(Cl)c(Cl)c1.CNCCNCc1ccc(Cl)c(Cl)c1.COC(CCCNCc1ccc(Cl)c(Cl)c1)OC.COCCNCc1ccc(Cl)c(Cl)c1. The number of hydrogen-bond donors (Lipinski definition) is 10. The highest BCUT2D eigenvalue weighted by molar-refractivity contribution is 6.46. The molecule has 147 heavy (non-hydrogen) atoms. The molecule has 9 aromatic rings. The van der Waals surface area contributed by atoms with Crippen molar-refractivity contribution in [3.05, 3.63) is 304 Å². The predicted octanol–water partition coefficient (Wildman–Crippen LogP) is 28.7. The van der Waals surface area contributed by atoms with E-state index < -0.39 is 0 Å². The maximum Gasteiger partial charge on any atom is 0.251 e. The summed E-state index contributed by atoms with van der Waals surface area (Å²) in [6, 6.07) is 49.7. The van der Waals surface area contributed by atoms with Gasteiger partial charge in [-0.15, -0.1) is 0 Å². The van der Waals surface area contributed by atoms with Crippen molar-refractivity contribution in [3.8, 4) is 0 Å². The molecule has 0 spiro atoms. The molecule has 0 radical (unpaired) electrons. The molecule has 0 heterocycles. The number of nitrogens with one attached hydrogen (secondary N) is 10. The van der Waals surface area contributed by atoms with Crippen molar-refractivity contribution < 1.29 is 23.8 Å². The molecule has 38 heteroatoms. The summed E-state index contributed by atoms with van der Waals surface area (Å²) in [5.74, 6) is 0.486. The van der Waals surface area contributed by atoms with Gasteiger partial charge in [0.25, 0.3) is 11.8 Å². The summed E-state index contributed by atoms with van der Waals surface area (Å²) in [6.45, 7) is 47.3. The van der Waals surface area contributed by atoms with E-state index in [-0.39, 0.29) is 18.1 Å². The summed E-state index contributed by atoms with van der Waals surface area (Å²) >= 11 is 106. The first-order valence-electron chi connectivity index (χ1n) is 49.5. The molecule has 824 valence electrons. The summed E-state index contributed by atoms with van der Waals surface area (Å²) in [7, 11) is 13.1. The van der Waals surface area contributed by atoms with Crippen molar-refractivity contribution in [2.75, 3.05) is 200 Å². The number of methoxy groups -OCH3 is 3. The fourth-order valence-corrected chi connectivity index (χ4v) is 15.7. The van der Waals surface area contributed by atoms with Crippen molar-refractivity contribution in [3.63, 3.8) is 0 Å². The molecule has 0 atom stereocenters. The lowest BCUT2D eigenvalue weighted by atomic mass is 10.1. The third kappa shape index (κ3) is 69.3. The predicted molar refractivity (Wildman–Crippen MR) is 641 cm³/mol. The highest BCUT2D eigenvalue weighted by atomic mass is 35.5. The van der Waals surface area contributed by atoms with Crippen LogP contribution in [0.1, 0.15) is 154 Å². The first kappa shape index (κ1) is 142. The largest absolute Gasteiger partial charge is 0.383 e. The van der Waals surface area contributed by atoms with Crippen molar-refractivity contribution in [1.29, 1.82) is 0 Å². The number of hydrogen-bond acceptors (Lipinski definition) is 18. The molecule has 0 aliphatic carbocycles. The lowest BCUT2D eigenvalue weighted by Gasteiger charge is -2.18. The lowest BCUT2D eigenvalue weighted by molar-refractivity contribution is -0.106. The maximum absolute atomic E-state index is 11.8. The van der Waals surface area contributed by atoms with E-state index in [9.17, 15) is 9.59 Å². The van der Waals surface area contributed by atoms with E-state index in [1.165, 1.54) is 35.1 Å². The first-order chi connectivity index (χ1) is 70.3. The minimum atomic E-state index is -0.131. The van der Waals surface area contributed by atoms with E-state index in [0.29, 0.717) is 121 Å². The maximum atomic E-state index is 11.8. The molecular formula is C109H157Cl18N15O5. The molecule has 9 rings (SSSR count). The Morgan fingerprint density at radius 1 is 0.279 bits per heavy atom. The average Bonchev–Trinajstić information content (AvgIpc) is 0.862. The van der Waals surface area contributed by atoms with Gasteiger partial charge in [0.2, 0.25) is 0 Å². The topological polar surface area (TPSA) is 198 Å². The molecule has 0 saturated heterocycles. The van der Waals surface area contributed by atoms with Gasteiger partial charge in [-0.05, 0) is 312 Å². The fraction of sp³-hybridized carbons (Fsp3) is 0.486. The molecule has 0 unspecified atom stereocenters. The van der Waals surface area contributed by atoms with Crippen LogP contribution in [0.3, 0.4) is 0 Å². The number of ether oxygens (including phenoxy) is 3. The van der Waals surface area contributed by atoms with E-state index in [1.54, 1.807) is 63.8 Å². The summed E-state index contributed by atoms with van der Waals surface area (Å²) in [5, 5.41) is 42.4. The molecular weight excluding hydrogens is 2240 g/mol. The smallest absolute Gasteiger partial charge is 0.251 e. The molecule has 0 aromatic heterocycles. The van der Waals surface area contributed by atoms with Gasteiger partial charge in [-0.1, -0.05) is 314 Å². The average molecular weight is 2400 g/mol. The van der Waals surface area contributed by atoms with Crippen LogP contribution in [0.4, 0.5) is 0 Å². The molecule has 0 aliphatic rings. The van der Waals surface area contributed by atoms with E-state index in [4.69, 9.17) is 223 Å². The Hall–Kier alpha value is -3.50. The highest BCUT2D eigenvalue weighted by Crippen LogP contribution is 2.30. The van der Waals surface area contributed by atoms with Crippen LogP contribution in [0.2, 0.25) is 90.4 Å². The number of likely N-dealkylation sites (N-methyl/N-ethyl adjacent to an activating group) is 4. The second kappa shape index (κ2) is 88.6. The first-order valence-corrected chi connectivity index (χ1v) is 56.3. The summed E-state index contributed by atoms with van der Waals surface area (Å²) in [5.41, 5.74) is 9.13. The Labute approximate surface area is 969 Å². The zero-order valence-corrected chi connectivity index (χ0v) is 102. The van der Waals surface area contributed by atoms with Crippen LogP contribution in [-0.4, -0.2) is 243 Å². The Morgan fingerprint density at radius 3 is 0.823 bits per heavy atom. The van der Waals surface area contributed by atoms with E-state index >= 15 is 0 Å². The molecule has 20 nitrogen and oxygen atoms in total. The van der Waals surface area contributed by atoms with Crippen LogP contribution in [0, 0.1) is 5.92 Å². The van der Waals surface area contributed by atoms with Gasteiger partial charge in [0.05, 0.1) is 97.0 Å². The zero-order valence-electron chi connectivity index (χ0n) is 88.1. The quantitative estimate of drug-likeness (QED) is 0.0127. The van der Waals surface area contributed by atoms with Crippen molar-refractivity contribution in [1.82, 2.24) is 77.7 Å². The van der Waals surface area contributed by atoms with Crippen LogP contribution in [-0.2, 0) is 60.0 Å². The van der Waals surface area contributed by atoms with Crippen molar-refractivity contribution in [2.24, 2.45) is 5.92 Å². The molecule has 0 saturated carbocycles. The summed E-state index contributed by atoms with van der Waals surface area (Å²) < 4.78 is 15.1. The molecule has 2 amide bonds. The highest BCUT2D eigenvalue weighted by Gasteiger charge is 2.14. The van der Waals surface area contributed by atoms with E-state index in [1.807, 2.05) is 135 Å². The second-order valence-corrected chi connectivity index (χ2v) is 41.4. The van der Waals surface area contributed by atoms with Crippen molar-refractivity contribution >= 4 is 221 Å². The van der Waals surface area contributed by atoms with Gasteiger partial charge in [0.1, 0.15) is 0 Å². The van der Waals surface area contributed by atoms with Crippen LogP contribution in [0.25, 0.3) is 0 Å². The second-order valence-electron chi connectivity index (χ2n) is 34.1. The van der Waals surface area contributed by atoms with Crippen LogP contribution in [0.15, 0.2) is 164 Å². The van der Waals surface area contributed by atoms with Gasteiger partial charge >= 0.3 is 0 Å². The Balaban J connectivity index is 0.000000828. The van der Waals surface area contributed by atoms with Gasteiger partial charge in [-0.2, -0.15) is 0 Å².